The van der Waals surface area contributed by atoms with Gasteiger partial charge in [0.2, 0.25) is 5.95 Å². The highest BCUT2D eigenvalue weighted by Crippen LogP contribution is 2.37. The van der Waals surface area contributed by atoms with Crippen molar-refractivity contribution in [2.24, 2.45) is 0 Å². The molecule has 1 aliphatic heterocycles. The lowest BCUT2D eigenvalue weighted by atomic mass is 10.0. The SMILES string of the molecule is COc1ccc(C2=CC(c3ccccc3Cl)n3ncnc3N2)cc1OC. The van der Waals surface area contributed by atoms with Crippen LogP contribution in [0.15, 0.2) is 54.9 Å². The first-order valence-corrected chi connectivity index (χ1v) is 8.44. The van der Waals surface area contributed by atoms with E-state index in [1.54, 1.807) is 14.2 Å². The molecule has 26 heavy (non-hydrogen) atoms. The number of rotatable bonds is 4. The summed E-state index contributed by atoms with van der Waals surface area (Å²) in [6.07, 6.45) is 3.60. The van der Waals surface area contributed by atoms with Crippen molar-refractivity contribution in [2.45, 2.75) is 6.04 Å². The van der Waals surface area contributed by atoms with Crippen molar-refractivity contribution in [3.8, 4) is 11.5 Å². The lowest BCUT2D eigenvalue weighted by molar-refractivity contribution is 0.355. The van der Waals surface area contributed by atoms with Crippen LogP contribution in [0.4, 0.5) is 5.95 Å². The van der Waals surface area contributed by atoms with Crippen LogP contribution in [0.5, 0.6) is 11.5 Å². The van der Waals surface area contributed by atoms with Gasteiger partial charge in [-0.1, -0.05) is 29.8 Å². The van der Waals surface area contributed by atoms with Crippen molar-refractivity contribution >= 4 is 23.2 Å². The van der Waals surface area contributed by atoms with Gasteiger partial charge in [-0.15, -0.1) is 0 Å². The summed E-state index contributed by atoms with van der Waals surface area (Å²) >= 11 is 6.42. The molecule has 0 bridgehead atoms. The average Bonchev–Trinajstić information content (AvgIpc) is 3.16. The molecule has 7 heteroatoms. The molecule has 1 aliphatic rings. The minimum atomic E-state index is -0.162. The Labute approximate surface area is 156 Å². The van der Waals surface area contributed by atoms with Crippen molar-refractivity contribution in [2.75, 3.05) is 19.5 Å². The Morgan fingerprint density at radius 2 is 1.88 bits per heavy atom. The molecule has 0 spiro atoms. The average molecular weight is 369 g/mol. The van der Waals surface area contributed by atoms with Gasteiger partial charge in [0, 0.05) is 16.3 Å². The second-order valence-electron chi connectivity index (χ2n) is 5.77. The van der Waals surface area contributed by atoms with E-state index in [1.165, 1.54) is 6.33 Å². The van der Waals surface area contributed by atoms with Gasteiger partial charge < -0.3 is 14.8 Å². The number of fused-ring (bicyclic) bond motifs is 1. The van der Waals surface area contributed by atoms with Gasteiger partial charge >= 0.3 is 0 Å². The summed E-state index contributed by atoms with van der Waals surface area (Å²) in [6, 6.07) is 13.3. The van der Waals surface area contributed by atoms with E-state index in [4.69, 9.17) is 21.1 Å². The van der Waals surface area contributed by atoms with Crippen molar-refractivity contribution in [1.29, 1.82) is 0 Å². The summed E-state index contributed by atoms with van der Waals surface area (Å²) in [5.41, 5.74) is 2.81. The standard InChI is InChI=1S/C19H17ClN4O2/c1-25-17-8-7-12(9-18(17)26-2)15-10-16(13-5-3-4-6-14(13)20)24-19(23-15)21-11-22-24/h3-11,16H,1-2H3,(H,21,22,23). The molecule has 0 radical (unpaired) electrons. The predicted molar refractivity (Wildman–Crippen MR) is 101 cm³/mol. The molecule has 4 rings (SSSR count). The molecular weight excluding hydrogens is 352 g/mol. The largest absolute Gasteiger partial charge is 0.493 e. The fraction of sp³-hybridized carbons (Fsp3) is 0.158. The Hall–Kier alpha value is -2.99. The van der Waals surface area contributed by atoms with E-state index in [0.29, 0.717) is 22.5 Å². The summed E-state index contributed by atoms with van der Waals surface area (Å²) in [5.74, 6) is 2.00. The number of aromatic nitrogens is 3. The van der Waals surface area contributed by atoms with Gasteiger partial charge in [0.15, 0.2) is 11.5 Å². The van der Waals surface area contributed by atoms with Crippen molar-refractivity contribution in [1.82, 2.24) is 14.8 Å². The van der Waals surface area contributed by atoms with E-state index < -0.39 is 0 Å². The van der Waals surface area contributed by atoms with E-state index in [9.17, 15) is 0 Å². The maximum Gasteiger partial charge on any atom is 0.226 e. The molecule has 1 N–H and O–H groups in total. The highest BCUT2D eigenvalue weighted by atomic mass is 35.5. The highest BCUT2D eigenvalue weighted by molar-refractivity contribution is 6.31. The van der Waals surface area contributed by atoms with Gasteiger partial charge in [-0.3, -0.25) is 0 Å². The number of hydrogen-bond acceptors (Lipinski definition) is 5. The third kappa shape index (κ3) is 2.78. The number of ether oxygens (including phenoxy) is 2. The summed E-state index contributed by atoms with van der Waals surface area (Å²) < 4.78 is 12.5. The lowest BCUT2D eigenvalue weighted by Crippen LogP contribution is -2.20. The van der Waals surface area contributed by atoms with Gasteiger partial charge in [-0.05, 0) is 35.9 Å². The third-order valence-corrected chi connectivity index (χ3v) is 4.67. The first kappa shape index (κ1) is 16.5. The molecule has 6 nitrogen and oxygen atoms in total. The molecule has 3 aromatic rings. The maximum atomic E-state index is 6.42. The topological polar surface area (TPSA) is 61.2 Å². The molecule has 1 unspecified atom stereocenters. The van der Waals surface area contributed by atoms with E-state index in [1.807, 2.05) is 47.1 Å². The molecule has 0 amide bonds. The number of nitrogens with zero attached hydrogens (tertiary/aromatic N) is 3. The van der Waals surface area contributed by atoms with Crippen LogP contribution in [0, 0.1) is 0 Å². The molecule has 0 saturated carbocycles. The van der Waals surface area contributed by atoms with Gasteiger partial charge in [0.25, 0.3) is 0 Å². The van der Waals surface area contributed by atoms with Crippen LogP contribution in [0.1, 0.15) is 17.2 Å². The molecule has 1 atom stereocenters. The van der Waals surface area contributed by atoms with Crippen LogP contribution in [0.3, 0.4) is 0 Å². The number of benzene rings is 2. The Morgan fingerprint density at radius 1 is 1.08 bits per heavy atom. The zero-order valence-electron chi connectivity index (χ0n) is 14.3. The van der Waals surface area contributed by atoms with Crippen LogP contribution in [-0.2, 0) is 0 Å². The fourth-order valence-corrected chi connectivity index (χ4v) is 3.29. The monoisotopic (exact) mass is 368 g/mol. The van der Waals surface area contributed by atoms with Gasteiger partial charge in [0.1, 0.15) is 12.4 Å². The summed E-state index contributed by atoms with van der Waals surface area (Å²) in [5, 5.41) is 8.34. The molecule has 132 valence electrons. The first-order valence-electron chi connectivity index (χ1n) is 8.06. The minimum Gasteiger partial charge on any atom is -0.493 e. The molecular formula is C19H17ClN4O2. The molecule has 0 fully saturated rings. The summed E-state index contributed by atoms with van der Waals surface area (Å²) in [4.78, 5) is 4.32. The Kier molecular flexibility index (Phi) is 4.26. The van der Waals surface area contributed by atoms with E-state index in [-0.39, 0.29) is 6.04 Å². The van der Waals surface area contributed by atoms with Crippen LogP contribution in [-0.4, -0.2) is 29.0 Å². The van der Waals surface area contributed by atoms with Crippen LogP contribution in [0.25, 0.3) is 5.70 Å². The molecule has 1 aromatic heterocycles. The Bertz CT molecular complexity index is 983. The quantitative estimate of drug-likeness (QED) is 0.754. The van der Waals surface area contributed by atoms with E-state index >= 15 is 0 Å². The molecule has 0 aliphatic carbocycles. The maximum absolute atomic E-state index is 6.42. The number of methoxy groups -OCH3 is 2. The van der Waals surface area contributed by atoms with E-state index in [2.05, 4.69) is 21.5 Å². The molecule has 0 saturated heterocycles. The van der Waals surface area contributed by atoms with Crippen molar-refractivity contribution in [3.63, 3.8) is 0 Å². The van der Waals surface area contributed by atoms with Crippen molar-refractivity contribution < 1.29 is 9.47 Å². The third-order valence-electron chi connectivity index (χ3n) is 4.33. The van der Waals surface area contributed by atoms with Crippen molar-refractivity contribution in [3.05, 3.63) is 71.0 Å². The summed E-state index contributed by atoms with van der Waals surface area (Å²) in [6.45, 7) is 0. The van der Waals surface area contributed by atoms with E-state index in [0.717, 1.165) is 16.8 Å². The lowest BCUT2D eigenvalue weighted by Gasteiger charge is -2.25. The van der Waals surface area contributed by atoms with Crippen LogP contribution in [0.2, 0.25) is 5.02 Å². The normalized spacial score (nSPS) is 15.7. The number of hydrogen-bond donors (Lipinski definition) is 1. The Balaban J connectivity index is 1.81. The smallest absolute Gasteiger partial charge is 0.226 e. The van der Waals surface area contributed by atoms with Gasteiger partial charge in [0.05, 0.1) is 14.2 Å². The second kappa shape index (κ2) is 6.72. The minimum absolute atomic E-state index is 0.162. The van der Waals surface area contributed by atoms with Crippen LogP contribution < -0.4 is 14.8 Å². The molecule has 2 aromatic carbocycles. The fourth-order valence-electron chi connectivity index (χ4n) is 3.04. The van der Waals surface area contributed by atoms with Gasteiger partial charge in [-0.2, -0.15) is 10.1 Å². The zero-order chi connectivity index (χ0) is 18.1. The second-order valence-corrected chi connectivity index (χ2v) is 6.18. The number of anilines is 1. The predicted octanol–water partition coefficient (Wildman–Crippen LogP) is 4.00. The number of halogens is 1. The highest BCUT2D eigenvalue weighted by Gasteiger charge is 2.25. The Morgan fingerprint density at radius 3 is 2.65 bits per heavy atom. The number of allylic oxidation sites excluding steroid dienone is 1. The molecule has 2 heterocycles. The van der Waals surface area contributed by atoms with Crippen LogP contribution >= 0.6 is 11.6 Å². The number of nitrogens with one attached hydrogen (secondary N) is 1. The first-order chi connectivity index (χ1) is 12.7. The zero-order valence-corrected chi connectivity index (χ0v) is 15.1. The summed E-state index contributed by atoms with van der Waals surface area (Å²) in [7, 11) is 3.24. The van der Waals surface area contributed by atoms with Gasteiger partial charge in [-0.25, -0.2) is 4.68 Å².